The molecule has 0 spiro atoms. The molecule has 0 radical (unpaired) electrons. The second-order valence-electron chi connectivity index (χ2n) is 5.62. The van der Waals surface area contributed by atoms with Crippen LogP contribution >= 0.6 is 47.9 Å². The maximum atomic E-state index is 12.3. The van der Waals surface area contributed by atoms with Gasteiger partial charge in [-0.25, -0.2) is 0 Å². The summed E-state index contributed by atoms with van der Waals surface area (Å²) in [5.41, 5.74) is 5.47. The van der Waals surface area contributed by atoms with E-state index in [1.54, 1.807) is 0 Å². The van der Waals surface area contributed by atoms with Gasteiger partial charge in [0, 0.05) is 25.3 Å². The lowest BCUT2D eigenvalue weighted by Gasteiger charge is -2.21. The smallest absolute Gasteiger partial charge is 0.223 e. The summed E-state index contributed by atoms with van der Waals surface area (Å²) in [7, 11) is 0. The van der Waals surface area contributed by atoms with E-state index in [4.69, 9.17) is 10.8 Å². The molecule has 0 rings (SSSR count). The van der Waals surface area contributed by atoms with Crippen molar-refractivity contribution in [3.8, 4) is 0 Å². The highest BCUT2D eigenvalue weighted by Crippen LogP contribution is 2.11. The molecule has 1 amide bonds. The number of nitrogens with two attached hydrogens (primary N) is 1. The van der Waals surface area contributed by atoms with E-state index in [2.05, 4.69) is 12.6 Å². The molecule has 8 heteroatoms. The lowest BCUT2D eigenvalue weighted by Crippen LogP contribution is -2.34. The van der Waals surface area contributed by atoms with Crippen LogP contribution in [0.3, 0.4) is 0 Å². The molecular formula is C17H36N2O2S4. The largest absolute Gasteiger partial charge is 0.395 e. The Morgan fingerprint density at radius 1 is 0.880 bits per heavy atom. The Bertz CT molecular complexity index is 300. The van der Waals surface area contributed by atoms with E-state index in [-0.39, 0.29) is 12.5 Å². The fraction of sp³-hybridized carbons (Fsp3) is 0.941. The lowest BCUT2D eigenvalue weighted by molar-refractivity contribution is -0.131. The van der Waals surface area contributed by atoms with Crippen LogP contribution in [0.1, 0.15) is 32.1 Å². The number of nitrogens with zero attached hydrogens (tertiary/aromatic N) is 1. The van der Waals surface area contributed by atoms with Crippen molar-refractivity contribution in [3.63, 3.8) is 0 Å². The predicted molar refractivity (Wildman–Crippen MR) is 122 cm³/mol. The Balaban J connectivity index is 3.64. The number of amides is 1. The molecular weight excluding hydrogens is 392 g/mol. The molecule has 150 valence electrons. The third-order valence-electron chi connectivity index (χ3n) is 3.42. The Labute approximate surface area is 172 Å². The molecule has 0 saturated carbocycles. The van der Waals surface area contributed by atoms with Crippen molar-refractivity contribution in [2.24, 2.45) is 5.73 Å². The lowest BCUT2D eigenvalue weighted by atomic mass is 10.3. The summed E-state index contributed by atoms with van der Waals surface area (Å²) in [6.07, 6.45) is 5.00. The van der Waals surface area contributed by atoms with Crippen LogP contribution in [-0.4, -0.2) is 82.4 Å². The van der Waals surface area contributed by atoms with Gasteiger partial charge in [0.15, 0.2) is 0 Å². The van der Waals surface area contributed by atoms with Crippen molar-refractivity contribution in [2.45, 2.75) is 32.1 Å². The van der Waals surface area contributed by atoms with E-state index in [0.717, 1.165) is 66.9 Å². The first-order valence-electron chi connectivity index (χ1n) is 9.19. The molecule has 0 aliphatic carbocycles. The summed E-state index contributed by atoms with van der Waals surface area (Å²) < 4.78 is 0. The third-order valence-corrected chi connectivity index (χ3v) is 7.11. The molecule has 4 nitrogen and oxygen atoms in total. The van der Waals surface area contributed by atoms with Gasteiger partial charge in [0.2, 0.25) is 5.91 Å². The fourth-order valence-electron chi connectivity index (χ4n) is 2.08. The summed E-state index contributed by atoms with van der Waals surface area (Å²) in [6.45, 7) is 2.05. The Kier molecular flexibility index (Phi) is 21.8. The molecule has 0 aromatic rings. The van der Waals surface area contributed by atoms with Crippen LogP contribution in [-0.2, 0) is 4.79 Å². The highest BCUT2D eigenvalue weighted by Gasteiger charge is 2.12. The van der Waals surface area contributed by atoms with Gasteiger partial charge in [-0.2, -0.15) is 47.9 Å². The second kappa shape index (κ2) is 21.1. The molecule has 0 aromatic heterocycles. The zero-order valence-electron chi connectivity index (χ0n) is 15.4. The normalized spacial score (nSPS) is 11.0. The topological polar surface area (TPSA) is 66.6 Å². The minimum absolute atomic E-state index is 0.0473. The molecule has 0 unspecified atom stereocenters. The number of hydrogen-bond acceptors (Lipinski definition) is 7. The summed E-state index contributed by atoms with van der Waals surface area (Å²) in [5.74, 6) is 7.66. The fourth-order valence-corrected chi connectivity index (χ4v) is 5.31. The van der Waals surface area contributed by atoms with Crippen LogP contribution in [0.15, 0.2) is 0 Å². The first kappa shape index (κ1) is 25.8. The predicted octanol–water partition coefficient (Wildman–Crippen LogP) is 2.85. The number of thiol groups is 1. The number of thioether (sulfide) groups is 3. The minimum atomic E-state index is 0.0473. The van der Waals surface area contributed by atoms with Gasteiger partial charge < -0.3 is 15.7 Å². The quantitative estimate of drug-likeness (QED) is 0.217. The number of rotatable bonds is 19. The molecule has 0 heterocycles. The van der Waals surface area contributed by atoms with Crippen LogP contribution in [0, 0.1) is 0 Å². The van der Waals surface area contributed by atoms with Gasteiger partial charge >= 0.3 is 0 Å². The number of carbonyl (C=O) groups is 1. The van der Waals surface area contributed by atoms with E-state index in [0.29, 0.717) is 13.0 Å². The van der Waals surface area contributed by atoms with Crippen LogP contribution in [0.2, 0.25) is 0 Å². The summed E-state index contributed by atoms with van der Waals surface area (Å²) >= 11 is 9.95. The molecule has 0 atom stereocenters. The van der Waals surface area contributed by atoms with Gasteiger partial charge in [0.05, 0.1) is 6.61 Å². The van der Waals surface area contributed by atoms with Gasteiger partial charge in [-0.1, -0.05) is 0 Å². The van der Waals surface area contributed by atoms with Gasteiger partial charge in [0.1, 0.15) is 0 Å². The molecule has 25 heavy (non-hydrogen) atoms. The zero-order chi connectivity index (χ0) is 18.6. The molecule has 3 N–H and O–H groups in total. The molecule has 0 aliphatic rings. The maximum absolute atomic E-state index is 12.3. The highest BCUT2D eigenvalue weighted by atomic mass is 32.2. The zero-order valence-corrected chi connectivity index (χ0v) is 18.7. The highest BCUT2D eigenvalue weighted by molar-refractivity contribution is 8.00. The third kappa shape index (κ3) is 17.9. The Morgan fingerprint density at radius 2 is 1.48 bits per heavy atom. The van der Waals surface area contributed by atoms with Crippen molar-refractivity contribution < 1.29 is 9.90 Å². The van der Waals surface area contributed by atoms with Gasteiger partial charge in [-0.15, -0.1) is 0 Å². The number of carbonyl (C=O) groups excluding carboxylic acids is 1. The van der Waals surface area contributed by atoms with Gasteiger partial charge in [-0.05, 0) is 66.7 Å². The first-order valence-corrected chi connectivity index (χ1v) is 13.3. The SMILES string of the molecule is NCCCSCCCSCCC(=O)N(CCO)CCCSCCCS. The van der Waals surface area contributed by atoms with Crippen LogP contribution in [0.25, 0.3) is 0 Å². The second-order valence-corrected chi connectivity index (χ2v) is 9.74. The van der Waals surface area contributed by atoms with Crippen molar-refractivity contribution >= 4 is 53.8 Å². The molecule has 0 bridgehead atoms. The van der Waals surface area contributed by atoms with E-state index in [1.165, 1.54) is 12.2 Å². The molecule has 0 saturated heterocycles. The first-order chi connectivity index (χ1) is 12.3. The summed E-state index contributed by atoms with van der Waals surface area (Å²) in [6, 6.07) is 0. The molecule has 0 aliphatic heterocycles. The molecule has 0 aromatic carbocycles. The van der Waals surface area contributed by atoms with E-state index >= 15 is 0 Å². The maximum Gasteiger partial charge on any atom is 0.223 e. The van der Waals surface area contributed by atoms with E-state index in [9.17, 15) is 4.79 Å². The Morgan fingerprint density at radius 3 is 2.12 bits per heavy atom. The van der Waals surface area contributed by atoms with Crippen molar-refractivity contribution in [1.29, 1.82) is 0 Å². The van der Waals surface area contributed by atoms with E-state index < -0.39 is 0 Å². The van der Waals surface area contributed by atoms with Crippen molar-refractivity contribution in [1.82, 2.24) is 4.90 Å². The number of aliphatic hydroxyl groups excluding tert-OH is 1. The van der Waals surface area contributed by atoms with Crippen molar-refractivity contribution in [3.05, 3.63) is 0 Å². The number of aliphatic hydroxyl groups is 1. The monoisotopic (exact) mass is 428 g/mol. The van der Waals surface area contributed by atoms with Gasteiger partial charge in [-0.3, -0.25) is 4.79 Å². The van der Waals surface area contributed by atoms with Crippen LogP contribution in [0.5, 0.6) is 0 Å². The minimum Gasteiger partial charge on any atom is -0.395 e. The van der Waals surface area contributed by atoms with Crippen LogP contribution in [0.4, 0.5) is 0 Å². The van der Waals surface area contributed by atoms with Gasteiger partial charge in [0.25, 0.3) is 0 Å². The van der Waals surface area contributed by atoms with Crippen LogP contribution < -0.4 is 5.73 Å². The Hall–Kier alpha value is 0.790. The van der Waals surface area contributed by atoms with E-state index in [1.807, 2.05) is 40.2 Å². The summed E-state index contributed by atoms with van der Waals surface area (Å²) in [5, 5.41) is 9.17. The number of hydrogen-bond donors (Lipinski definition) is 3. The molecule has 0 fully saturated rings. The average molecular weight is 429 g/mol. The van der Waals surface area contributed by atoms with Crippen molar-refractivity contribution in [2.75, 3.05) is 66.5 Å². The summed E-state index contributed by atoms with van der Waals surface area (Å²) in [4.78, 5) is 14.1. The average Bonchev–Trinajstić information content (AvgIpc) is 2.62. The standard InChI is InChI=1S/C17H36N2O2S4/c18-6-1-11-23-14-4-15-25-16-5-17(21)19(8-9-20)7-2-12-24-13-3-10-22/h20,22H,1-16,18H2.